The van der Waals surface area contributed by atoms with Crippen LogP contribution in [-0.4, -0.2) is 31.4 Å². The summed E-state index contributed by atoms with van der Waals surface area (Å²) in [6.45, 7) is 2.55. The lowest BCUT2D eigenvalue weighted by atomic mass is 10.1. The first-order valence-corrected chi connectivity index (χ1v) is 7.78. The van der Waals surface area contributed by atoms with Gasteiger partial charge in [0.25, 0.3) is 5.56 Å². The van der Waals surface area contributed by atoms with E-state index in [0.717, 1.165) is 5.39 Å². The number of esters is 1. The fourth-order valence-corrected chi connectivity index (χ4v) is 2.59. The average Bonchev–Trinajstić information content (AvgIpc) is 2.58. The fraction of sp³-hybridized carbons (Fsp3) is 0.412. The number of hydrogen-bond donors (Lipinski definition) is 1. The van der Waals surface area contributed by atoms with E-state index < -0.39 is 0 Å². The van der Waals surface area contributed by atoms with E-state index >= 15 is 0 Å². The number of fused-ring (bicyclic) bond motifs is 1. The molecular formula is C17H23ClN2O5. The Morgan fingerprint density at radius 3 is 2.32 bits per heavy atom. The highest BCUT2D eigenvalue weighted by Crippen LogP contribution is 2.32. The quantitative estimate of drug-likeness (QED) is 0.583. The van der Waals surface area contributed by atoms with Gasteiger partial charge in [-0.15, -0.1) is 0 Å². The lowest BCUT2D eigenvalue weighted by molar-refractivity contribution is -0.253. The molecule has 0 radical (unpaired) electrons. The molecule has 1 aromatic heterocycles. The Kier molecular flexibility index (Phi) is 7.73. The van der Waals surface area contributed by atoms with E-state index in [9.17, 15) is 9.59 Å². The lowest BCUT2D eigenvalue weighted by Crippen LogP contribution is -3.00. The molecule has 0 atom stereocenters. The maximum absolute atomic E-state index is 12.7. The van der Waals surface area contributed by atoms with Crippen LogP contribution in [0.25, 0.3) is 10.8 Å². The first-order valence-electron chi connectivity index (χ1n) is 7.78. The number of quaternary nitrogens is 1. The number of methoxy groups -OCH3 is 2. The third kappa shape index (κ3) is 4.64. The molecule has 0 aliphatic heterocycles. The van der Waals surface area contributed by atoms with E-state index in [1.807, 2.05) is 0 Å². The van der Waals surface area contributed by atoms with Gasteiger partial charge < -0.3 is 36.9 Å². The first kappa shape index (κ1) is 20.8. The van der Waals surface area contributed by atoms with Crippen LogP contribution < -0.4 is 33.2 Å². The standard InChI is InChI=1S/C17H22N2O5.ClH/c1-4-24-16(20)6-5-7-19-10-13(18)11-8-14(22-2)15(23-3)9-12(11)17(19)21;/h8-10H,4-7,18H2,1-3H3;1H. The molecule has 1 aromatic carbocycles. The minimum atomic E-state index is -0.257. The number of rotatable bonds is 7. The second kappa shape index (κ2) is 9.29. The zero-order valence-electron chi connectivity index (χ0n) is 14.6. The highest BCUT2D eigenvalue weighted by molar-refractivity contribution is 5.92. The van der Waals surface area contributed by atoms with Crippen molar-refractivity contribution in [3.05, 3.63) is 28.7 Å². The number of benzene rings is 1. The number of carbonyl (C=O) groups is 1. The van der Waals surface area contributed by atoms with E-state index in [-0.39, 0.29) is 30.4 Å². The van der Waals surface area contributed by atoms with Crippen LogP contribution in [0.1, 0.15) is 19.8 Å². The van der Waals surface area contributed by atoms with E-state index in [1.165, 1.54) is 7.11 Å². The van der Waals surface area contributed by atoms with Crippen LogP contribution in [-0.2, 0) is 16.1 Å². The molecule has 1 heterocycles. The number of aromatic nitrogens is 1. The Morgan fingerprint density at radius 2 is 1.76 bits per heavy atom. The number of ether oxygens (including phenoxy) is 3. The molecule has 0 fully saturated rings. The Morgan fingerprint density at radius 1 is 1.16 bits per heavy atom. The van der Waals surface area contributed by atoms with Gasteiger partial charge in [0, 0.05) is 13.0 Å². The van der Waals surface area contributed by atoms with Gasteiger partial charge >= 0.3 is 5.97 Å². The summed E-state index contributed by atoms with van der Waals surface area (Å²) in [5.74, 6) is 0.785. The lowest BCUT2D eigenvalue weighted by Gasteiger charge is -2.12. The monoisotopic (exact) mass is 370 g/mol. The second-order valence-electron chi connectivity index (χ2n) is 5.31. The Hall–Kier alpha value is -2.25. The van der Waals surface area contributed by atoms with Crippen molar-refractivity contribution in [3.8, 4) is 11.5 Å². The predicted molar refractivity (Wildman–Crippen MR) is 89.7 cm³/mol. The van der Waals surface area contributed by atoms with Crippen LogP contribution in [0, 0.1) is 0 Å². The normalized spacial score (nSPS) is 10.2. The minimum Gasteiger partial charge on any atom is -1.00 e. The number of carbonyl (C=O) groups excluding carboxylic acids is 1. The smallest absolute Gasteiger partial charge is 0.305 e. The summed E-state index contributed by atoms with van der Waals surface area (Å²) in [6, 6.07) is 3.41. The summed E-state index contributed by atoms with van der Waals surface area (Å²) >= 11 is 0. The first-order chi connectivity index (χ1) is 11.5. The Bertz CT molecular complexity index is 804. The zero-order valence-corrected chi connectivity index (χ0v) is 15.4. The summed E-state index contributed by atoms with van der Waals surface area (Å²) < 4.78 is 17.0. The molecule has 0 aliphatic rings. The van der Waals surface area contributed by atoms with Crippen molar-refractivity contribution in [1.29, 1.82) is 0 Å². The zero-order chi connectivity index (χ0) is 17.7. The summed E-state index contributed by atoms with van der Waals surface area (Å²) in [7, 11) is 3.07. The highest BCUT2D eigenvalue weighted by atomic mass is 35.5. The number of pyridine rings is 1. The third-order valence-corrected chi connectivity index (χ3v) is 3.76. The molecule has 2 rings (SSSR count). The predicted octanol–water partition coefficient (Wildman–Crippen LogP) is -1.76. The largest absolute Gasteiger partial charge is 1.00 e. The van der Waals surface area contributed by atoms with Crippen LogP contribution in [0.3, 0.4) is 0 Å². The molecule has 8 heteroatoms. The molecule has 0 aliphatic carbocycles. The van der Waals surface area contributed by atoms with Crippen molar-refractivity contribution >= 4 is 22.4 Å². The van der Waals surface area contributed by atoms with Gasteiger partial charge in [-0.2, -0.15) is 0 Å². The topological polar surface area (TPSA) is 94.4 Å². The molecule has 0 saturated carbocycles. The molecular weight excluding hydrogens is 348 g/mol. The summed E-state index contributed by atoms with van der Waals surface area (Å²) in [6.07, 6.45) is 2.50. The number of hydrogen-bond acceptors (Lipinski definition) is 5. The molecule has 3 N–H and O–H groups in total. The number of halogens is 1. The molecule has 0 bridgehead atoms. The molecule has 2 aromatic rings. The Balaban J connectivity index is 0.00000312. The van der Waals surface area contributed by atoms with Crippen LogP contribution in [0.15, 0.2) is 23.1 Å². The van der Waals surface area contributed by atoms with Gasteiger partial charge in [0.05, 0.1) is 37.8 Å². The third-order valence-electron chi connectivity index (χ3n) is 3.76. The molecule has 0 unspecified atom stereocenters. The van der Waals surface area contributed by atoms with Crippen molar-refractivity contribution in [2.45, 2.75) is 26.3 Å². The SMILES string of the molecule is CCOC(=O)CCCn1cc([NH3+])c2cc(OC)c(OC)cc2c1=O.[Cl-]. The van der Waals surface area contributed by atoms with Crippen molar-refractivity contribution in [3.63, 3.8) is 0 Å². The van der Waals surface area contributed by atoms with Crippen LogP contribution in [0.4, 0.5) is 5.69 Å². The van der Waals surface area contributed by atoms with Gasteiger partial charge in [0.15, 0.2) is 17.2 Å². The molecule has 25 heavy (non-hydrogen) atoms. The van der Waals surface area contributed by atoms with Crippen molar-refractivity contribution in [2.24, 2.45) is 0 Å². The average molecular weight is 371 g/mol. The number of aryl methyl sites for hydroxylation is 1. The second-order valence-corrected chi connectivity index (χ2v) is 5.31. The van der Waals surface area contributed by atoms with Crippen LogP contribution >= 0.6 is 0 Å². The van der Waals surface area contributed by atoms with Crippen molar-refractivity contribution < 1.29 is 37.1 Å². The van der Waals surface area contributed by atoms with E-state index in [4.69, 9.17) is 14.2 Å². The molecule has 0 saturated heterocycles. The maximum Gasteiger partial charge on any atom is 0.305 e. The Labute approximate surface area is 152 Å². The fourth-order valence-electron chi connectivity index (χ4n) is 2.59. The summed E-state index contributed by atoms with van der Waals surface area (Å²) in [4.78, 5) is 24.1. The highest BCUT2D eigenvalue weighted by Gasteiger charge is 2.14. The van der Waals surface area contributed by atoms with Crippen LogP contribution in [0.2, 0.25) is 0 Å². The van der Waals surface area contributed by atoms with Gasteiger partial charge in [0.2, 0.25) is 0 Å². The minimum absolute atomic E-state index is 0. The molecule has 138 valence electrons. The van der Waals surface area contributed by atoms with Gasteiger partial charge in [-0.25, -0.2) is 0 Å². The van der Waals surface area contributed by atoms with Crippen molar-refractivity contribution in [2.75, 3.05) is 20.8 Å². The molecule has 0 amide bonds. The maximum atomic E-state index is 12.7. The van der Waals surface area contributed by atoms with E-state index in [1.54, 1.807) is 36.9 Å². The van der Waals surface area contributed by atoms with E-state index in [2.05, 4.69) is 5.73 Å². The van der Waals surface area contributed by atoms with Gasteiger partial charge in [-0.05, 0) is 25.5 Å². The van der Waals surface area contributed by atoms with Gasteiger partial charge in [0.1, 0.15) is 0 Å². The summed E-state index contributed by atoms with van der Waals surface area (Å²) in [5, 5.41) is 1.23. The molecule has 7 nitrogen and oxygen atoms in total. The number of nitrogens with zero attached hydrogens (tertiary/aromatic N) is 1. The van der Waals surface area contributed by atoms with Gasteiger partial charge in [-0.1, -0.05) is 0 Å². The van der Waals surface area contributed by atoms with Crippen molar-refractivity contribution in [1.82, 2.24) is 4.57 Å². The van der Waals surface area contributed by atoms with E-state index in [0.29, 0.717) is 42.1 Å². The van der Waals surface area contributed by atoms with Crippen LogP contribution in [0.5, 0.6) is 11.5 Å². The summed E-state index contributed by atoms with van der Waals surface area (Å²) in [5.41, 5.74) is 4.57. The molecule has 0 spiro atoms. The van der Waals surface area contributed by atoms with Gasteiger partial charge in [-0.3, -0.25) is 9.59 Å².